The predicted molar refractivity (Wildman–Crippen MR) is 83.6 cm³/mol. The van der Waals surface area contributed by atoms with Crippen LogP contribution in [0.3, 0.4) is 0 Å². The minimum atomic E-state index is 1.04. The summed E-state index contributed by atoms with van der Waals surface area (Å²) in [6.07, 6.45) is 2.15. The quantitative estimate of drug-likeness (QED) is 0.542. The van der Waals surface area contributed by atoms with Gasteiger partial charge in [-0.1, -0.05) is 78.9 Å². The normalized spacial score (nSPS) is 11.7. The van der Waals surface area contributed by atoms with Crippen LogP contribution >= 0.6 is 0 Å². The Bertz CT molecular complexity index is 716. The van der Waals surface area contributed by atoms with Gasteiger partial charge in [0.1, 0.15) is 0 Å². The smallest absolute Gasteiger partial charge is 0.0111 e. The number of hydrogen-bond acceptors (Lipinski definition) is 0. The van der Waals surface area contributed by atoms with Crippen LogP contribution in [0.4, 0.5) is 0 Å². The van der Waals surface area contributed by atoms with Crippen molar-refractivity contribution >= 4 is 22.4 Å². The average molecular weight is 243 g/mol. The van der Waals surface area contributed by atoms with Crippen LogP contribution in [0, 0.1) is 6.92 Å². The second-order valence-corrected chi connectivity index (χ2v) is 4.60. The van der Waals surface area contributed by atoms with Gasteiger partial charge in [-0.2, -0.15) is 0 Å². The fourth-order valence-electron chi connectivity index (χ4n) is 2.30. The molecule has 0 aliphatic heterocycles. The second-order valence-electron chi connectivity index (χ2n) is 4.60. The molecule has 0 aromatic heterocycles. The molecule has 0 spiro atoms. The zero-order valence-corrected chi connectivity index (χ0v) is 10.7. The van der Waals surface area contributed by atoms with Gasteiger partial charge in [0, 0.05) is 0 Å². The molecule has 91 valence electrons. The van der Waals surface area contributed by atoms with Gasteiger partial charge in [-0.3, -0.25) is 0 Å². The van der Waals surface area contributed by atoms with Crippen molar-refractivity contribution in [3.8, 4) is 0 Å². The van der Waals surface area contributed by atoms with Gasteiger partial charge in [0.25, 0.3) is 0 Å². The van der Waals surface area contributed by atoms with Crippen LogP contribution in [-0.2, 0) is 0 Å². The number of fused-ring (bicyclic) bond motifs is 1. The minimum absolute atomic E-state index is 1.04. The van der Waals surface area contributed by atoms with Crippen molar-refractivity contribution < 1.29 is 0 Å². The Balaban J connectivity index is 2.11. The van der Waals surface area contributed by atoms with Gasteiger partial charge in [-0.05, 0) is 34.4 Å². The van der Waals surface area contributed by atoms with E-state index in [0.29, 0.717) is 0 Å². The maximum absolute atomic E-state index is 4.17. The number of hydrogen-bond donors (Lipinski definition) is 0. The van der Waals surface area contributed by atoms with Crippen LogP contribution < -0.4 is 0 Å². The summed E-state index contributed by atoms with van der Waals surface area (Å²) < 4.78 is 0. The van der Waals surface area contributed by atoms with Gasteiger partial charge >= 0.3 is 0 Å². The summed E-state index contributed by atoms with van der Waals surface area (Å²) in [7, 11) is 0. The standard InChI is InChI=1S/C19H15/c1-15(16-8-3-2-4-9-16)14-18-12-7-11-17-10-5-6-13-19(17)18/h2-14H,1H2. The highest BCUT2D eigenvalue weighted by molar-refractivity contribution is 5.96. The average Bonchev–Trinajstić information content (AvgIpc) is 2.48. The molecule has 0 fully saturated rings. The lowest BCUT2D eigenvalue weighted by atomic mass is 10.00. The van der Waals surface area contributed by atoms with Crippen LogP contribution in [0.25, 0.3) is 22.4 Å². The van der Waals surface area contributed by atoms with Crippen molar-refractivity contribution in [3.05, 3.63) is 90.8 Å². The Morgan fingerprint density at radius 1 is 0.737 bits per heavy atom. The van der Waals surface area contributed by atoms with Crippen molar-refractivity contribution in [2.45, 2.75) is 0 Å². The van der Waals surface area contributed by atoms with Crippen LogP contribution in [0.2, 0.25) is 0 Å². The van der Waals surface area contributed by atoms with E-state index in [9.17, 15) is 0 Å². The summed E-state index contributed by atoms with van der Waals surface area (Å²) in [5, 5.41) is 2.53. The Kier molecular flexibility index (Phi) is 3.16. The van der Waals surface area contributed by atoms with E-state index in [-0.39, 0.29) is 0 Å². The first-order valence-corrected chi connectivity index (χ1v) is 6.41. The molecule has 0 heteroatoms. The van der Waals surface area contributed by atoms with Crippen LogP contribution in [-0.4, -0.2) is 0 Å². The van der Waals surface area contributed by atoms with Crippen molar-refractivity contribution in [2.75, 3.05) is 0 Å². The molecule has 0 unspecified atom stereocenters. The van der Waals surface area contributed by atoms with E-state index in [1.807, 2.05) is 18.2 Å². The van der Waals surface area contributed by atoms with E-state index in [1.165, 1.54) is 16.3 Å². The first kappa shape index (κ1) is 11.7. The molecule has 0 aliphatic carbocycles. The molecule has 1 radical (unpaired) electrons. The molecule has 0 bridgehead atoms. The predicted octanol–water partition coefficient (Wildman–Crippen LogP) is 5.21. The number of rotatable bonds is 2. The van der Waals surface area contributed by atoms with Crippen LogP contribution in [0.1, 0.15) is 11.1 Å². The van der Waals surface area contributed by atoms with Crippen molar-refractivity contribution in [3.63, 3.8) is 0 Å². The molecular weight excluding hydrogens is 228 g/mol. The monoisotopic (exact) mass is 243 g/mol. The molecule has 0 saturated heterocycles. The van der Waals surface area contributed by atoms with Gasteiger partial charge in [0.2, 0.25) is 0 Å². The number of benzene rings is 3. The maximum atomic E-state index is 4.17. The van der Waals surface area contributed by atoms with Crippen LogP contribution in [0.15, 0.2) is 72.8 Å². The second kappa shape index (κ2) is 5.11. The molecule has 0 saturated carbocycles. The molecule has 0 nitrogen and oxygen atoms in total. The lowest BCUT2D eigenvalue weighted by molar-refractivity contribution is 1.63. The van der Waals surface area contributed by atoms with Gasteiger partial charge in [-0.25, -0.2) is 0 Å². The summed E-state index contributed by atoms with van der Waals surface area (Å²) in [4.78, 5) is 0. The van der Waals surface area contributed by atoms with E-state index in [4.69, 9.17) is 0 Å². The Morgan fingerprint density at radius 3 is 2.26 bits per heavy atom. The molecule has 0 amide bonds. The molecule has 3 aromatic carbocycles. The van der Waals surface area contributed by atoms with E-state index >= 15 is 0 Å². The fourth-order valence-corrected chi connectivity index (χ4v) is 2.30. The first-order chi connectivity index (χ1) is 9.34. The lowest BCUT2D eigenvalue weighted by Gasteiger charge is -2.05. The summed E-state index contributed by atoms with van der Waals surface area (Å²) in [6, 6.07) is 25.1. The molecule has 3 aromatic rings. The summed E-state index contributed by atoms with van der Waals surface area (Å²) in [5.74, 6) is 0. The zero-order valence-electron chi connectivity index (χ0n) is 10.7. The molecule has 0 heterocycles. The van der Waals surface area contributed by atoms with Crippen molar-refractivity contribution in [1.29, 1.82) is 0 Å². The third-order valence-electron chi connectivity index (χ3n) is 3.30. The molecule has 19 heavy (non-hydrogen) atoms. The Morgan fingerprint density at radius 2 is 1.42 bits per heavy atom. The zero-order chi connectivity index (χ0) is 13.1. The molecule has 0 aliphatic rings. The summed E-state index contributed by atoms with van der Waals surface area (Å²) in [5.41, 5.74) is 3.42. The number of allylic oxidation sites excluding steroid dienone is 1. The van der Waals surface area contributed by atoms with E-state index in [1.54, 1.807) is 0 Å². The van der Waals surface area contributed by atoms with Gasteiger partial charge in [0.15, 0.2) is 0 Å². The first-order valence-electron chi connectivity index (χ1n) is 6.41. The Hall–Kier alpha value is -2.34. The van der Waals surface area contributed by atoms with E-state index < -0.39 is 0 Å². The van der Waals surface area contributed by atoms with Crippen LogP contribution in [0.5, 0.6) is 0 Å². The molecule has 3 rings (SSSR count). The SMILES string of the molecule is [CH2]C(=Cc1cccc2ccccc12)c1ccccc1. The molecule has 0 N–H and O–H groups in total. The van der Waals surface area contributed by atoms with E-state index in [0.717, 1.165) is 11.1 Å². The lowest BCUT2D eigenvalue weighted by Crippen LogP contribution is -1.81. The third kappa shape index (κ3) is 2.43. The van der Waals surface area contributed by atoms with Gasteiger partial charge in [-0.15, -0.1) is 0 Å². The topological polar surface area (TPSA) is 0 Å². The molecular formula is C19H15. The minimum Gasteiger partial charge on any atom is -0.0622 e. The van der Waals surface area contributed by atoms with Crippen molar-refractivity contribution in [1.82, 2.24) is 0 Å². The highest BCUT2D eigenvalue weighted by atomic mass is 14.0. The third-order valence-corrected chi connectivity index (χ3v) is 3.30. The maximum Gasteiger partial charge on any atom is -0.0111 e. The van der Waals surface area contributed by atoms with Gasteiger partial charge in [0.05, 0.1) is 0 Å². The van der Waals surface area contributed by atoms with Gasteiger partial charge < -0.3 is 0 Å². The highest BCUT2D eigenvalue weighted by Crippen LogP contribution is 2.23. The fraction of sp³-hybridized carbons (Fsp3) is 0. The molecule has 0 atom stereocenters. The van der Waals surface area contributed by atoms with Crippen molar-refractivity contribution in [2.24, 2.45) is 0 Å². The largest absolute Gasteiger partial charge is 0.0622 e. The summed E-state index contributed by atoms with van der Waals surface area (Å²) in [6.45, 7) is 4.17. The highest BCUT2D eigenvalue weighted by Gasteiger charge is 1.99. The van der Waals surface area contributed by atoms with E-state index in [2.05, 4.69) is 67.6 Å². The Labute approximate surface area is 114 Å². The summed E-state index contributed by atoms with van der Waals surface area (Å²) >= 11 is 0.